The molecule has 184 valence electrons. The summed E-state index contributed by atoms with van der Waals surface area (Å²) in [5.74, 6) is 1.79. The Hall–Kier alpha value is -5.07. The zero-order chi connectivity index (χ0) is 26.0. The summed E-state index contributed by atoms with van der Waals surface area (Å²) in [5.41, 5.74) is 6.89. The summed E-state index contributed by atoms with van der Waals surface area (Å²) < 4.78 is 1.13. The third kappa shape index (κ3) is 4.58. The summed E-state index contributed by atoms with van der Waals surface area (Å²) in [6, 6.07) is 38.8. The van der Waals surface area contributed by atoms with Crippen LogP contribution in [0.2, 0.25) is 0 Å². The van der Waals surface area contributed by atoms with Crippen LogP contribution in [-0.4, -0.2) is 24.9 Å². The molecule has 0 amide bonds. The van der Waals surface area contributed by atoms with Crippen molar-refractivity contribution in [2.75, 3.05) is 0 Å². The lowest BCUT2D eigenvalue weighted by Crippen LogP contribution is -2.00. The van der Waals surface area contributed by atoms with E-state index in [0.29, 0.717) is 17.5 Å². The Morgan fingerprint density at radius 2 is 1.03 bits per heavy atom. The predicted octanol–water partition coefficient (Wildman–Crippen LogP) is 8.21. The monoisotopic (exact) mass is 519 g/mol. The Kier molecular flexibility index (Phi) is 5.92. The fourth-order valence-corrected chi connectivity index (χ4v) is 5.63. The molecule has 7 rings (SSSR count). The van der Waals surface area contributed by atoms with Crippen molar-refractivity contribution < 1.29 is 0 Å². The van der Waals surface area contributed by atoms with Gasteiger partial charge in [-0.1, -0.05) is 91.0 Å². The SMILES string of the molecule is c1ccc(-c2nc(-c3cccnc3)nc(-c3cc(-c4ccccc4)c4sc(-c5ccccc5)nc4c3)n2)cc1. The molecule has 0 aliphatic rings. The molecule has 5 nitrogen and oxygen atoms in total. The second kappa shape index (κ2) is 10.0. The van der Waals surface area contributed by atoms with Crippen LogP contribution in [0.5, 0.6) is 0 Å². The first-order chi connectivity index (χ1) is 19.3. The third-order valence-electron chi connectivity index (χ3n) is 6.44. The number of hydrogen-bond donors (Lipinski definition) is 0. The molecule has 7 aromatic rings. The highest BCUT2D eigenvalue weighted by molar-refractivity contribution is 7.22. The summed E-state index contributed by atoms with van der Waals surface area (Å²) in [7, 11) is 0. The zero-order valence-electron chi connectivity index (χ0n) is 20.8. The molecule has 0 unspecified atom stereocenters. The number of nitrogens with zero attached hydrogens (tertiary/aromatic N) is 5. The van der Waals surface area contributed by atoms with Crippen molar-refractivity contribution in [3.63, 3.8) is 0 Å². The molecule has 3 aromatic heterocycles. The van der Waals surface area contributed by atoms with Gasteiger partial charge >= 0.3 is 0 Å². The van der Waals surface area contributed by atoms with Gasteiger partial charge in [-0.05, 0) is 29.8 Å². The molecule has 0 N–H and O–H groups in total. The van der Waals surface area contributed by atoms with E-state index < -0.39 is 0 Å². The summed E-state index contributed by atoms with van der Waals surface area (Å²) in [5, 5.41) is 0.983. The van der Waals surface area contributed by atoms with E-state index in [0.717, 1.165) is 48.6 Å². The summed E-state index contributed by atoms with van der Waals surface area (Å²) >= 11 is 1.70. The maximum Gasteiger partial charge on any atom is 0.165 e. The van der Waals surface area contributed by atoms with E-state index in [1.807, 2.05) is 66.7 Å². The molecule has 0 fully saturated rings. The van der Waals surface area contributed by atoms with Crippen molar-refractivity contribution in [2.24, 2.45) is 0 Å². The van der Waals surface area contributed by atoms with Crippen LogP contribution in [0.3, 0.4) is 0 Å². The van der Waals surface area contributed by atoms with Crippen LogP contribution in [-0.2, 0) is 0 Å². The number of fused-ring (bicyclic) bond motifs is 1. The van der Waals surface area contributed by atoms with Crippen LogP contribution in [0, 0.1) is 0 Å². The first-order valence-electron chi connectivity index (χ1n) is 12.6. The lowest BCUT2D eigenvalue weighted by atomic mass is 10.0. The van der Waals surface area contributed by atoms with Gasteiger partial charge in [0.25, 0.3) is 0 Å². The van der Waals surface area contributed by atoms with E-state index in [1.54, 1.807) is 23.7 Å². The first-order valence-corrected chi connectivity index (χ1v) is 13.4. The predicted molar refractivity (Wildman–Crippen MR) is 158 cm³/mol. The van der Waals surface area contributed by atoms with Gasteiger partial charge < -0.3 is 0 Å². The van der Waals surface area contributed by atoms with Crippen molar-refractivity contribution in [1.82, 2.24) is 24.9 Å². The van der Waals surface area contributed by atoms with Gasteiger partial charge in [0, 0.05) is 40.2 Å². The second-order valence-electron chi connectivity index (χ2n) is 9.04. The van der Waals surface area contributed by atoms with Crippen molar-refractivity contribution in [3.8, 4) is 55.9 Å². The number of pyridine rings is 1. The van der Waals surface area contributed by atoms with Gasteiger partial charge in [0.1, 0.15) is 5.01 Å². The smallest absolute Gasteiger partial charge is 0.165 e. The van der Waals surface area contributed by atoms with Gasteiger partial charge in [0.15, 0.2) is 17.5 Å². The Labute approximate surface area is 229 Å². The lowest BCUT2D eigenvalue weighted by molar-refractivity contribution is 1.07. The summed E-state index contributed by atoms with van der Waals surface area (Å²) in [6.07, 6.45) is 3.52. The Morgan fingerprint density at radius 3 is 1.67 bits per heavy atom. The van der Waals surface area contributed by atoms with Crippen molar-refractivity contribution in [1.29, 1.82) is 0 Å². The average molecular weight is 520 g/mol. The highest BCUT2D eigenvalue weighted by Crippen LogP contribution is 2.39. The van der Waals surface area contributed by atoms with E-state index in [2.05, 4.69) is 53.5 Å². The van der Waals surface area contributed by atoms with Gasteiger partial charge in [0.05, 0.1) is 10.2 Å². The summed E-state index contributed by atoms with van der Waals surface area (Å²) in [6.45, 7) is 0. The molecule has 4 aromatic carbocycles. The minimum atomic E-state index is 0.580. The standard InChI is InChI=1S/C33H21N5S/c1-4-11-22(12-5-1)27-19-26(20-28-29(27)39-33(35-28)24-15-8-3-9-16-24)32-37-30(23-13-6-2-7-14-23)36-31(38-32)25-17-10-18-34-21-25/h1-21H. The van der Waals surface area contributed by atoms with Gasteiger partial charge in [0.2, 0.25) is 0 Å². The maximum atomic E-state index is 5.05. The molecule has 6 heteroatoms. The number of rotatable bonds is 5. The minimum Gasteiger partial charge on any atom is -0.264 e. The van der Waals surface area contributed by atoms with Gasteiger partial charge in [-0.15, -0.1) is 11.3 Å². The molecule has 0 saturated heterocycles. The molecule has 0 aliphatic carbocycles. The second-order valence-corrected chi connectivity index (χ2v) is 10.0. The quantitative estimate of drug-likeness (QED) is 0.229. The van der Waals surface area contributed by atoms with Crippen molar-refractivity contribution in [3.05, 3.63) is 128 Å². The molecule has 0 bridgehead atoms. The van der Waals surface area contributed by atoms with Gasteiger partial charge in [-0.25, -0.2) is 19.9 Å². The fraction of sp³-hybridized carbons (Fsp3) is 0. The van der Waals surface area contributed by atoms with Crippen LogP contribution in [0.15, 0.2) is 128 Å². The van der Waals surface area contributed by atoms with Crippen LogP contribution in [0.1, 0.15) is 0 Å². The number of thiazole rings is 1. The highest BCUT2D eigenvalue weighted by Gasteiger charge is 2.17. The molecule has 3 heterocycles. The molecule has 0 saturated carbocycles. The third-order valence-corrected chi connectivity index (χ3v) is 7.59. The summed E-state index contributed by atoms with van der Waals surface area (Å²) in [4.78, 5) is 24.0. The highest BCUT2D eigenvalue weighted by atomic mass is 32.1. The van der Waals surface area contributed by atoms with E-state index in [1.165, 1.54) is 0 Å². The Balaban J connectivity index is 1.47. The molecular weight excluding hydrogens is 498 g/mol. The van der Waals surface area contributed by atoms with Crippen LogP contribution in [0.25, 0.3) is 66.1 Å². The van der Waals surface area contributed by atoms with Crippen LogP contribution < -0.4 is 0 Å². The zero-order valence-corrected chi connectivity index (χ0v) is 21.6. The average Bonchev–Trinajstić information content (AvgIpc) is 3.47. The Morgan fingerprint density at radius 1 is 0.462 bits per heavy atom. The van der Waals surface area contributed by atoms with E-state index in [9.17, 15) is 0 Å². The van der Waals surface area contributed by atoms with E-state index in [4.69, 9.17) is 19.9 Å². The fourth-order valence-electron chi connectivity index (χ4n) is 4.54. The first kappa shape index (κ1) is 23.1. The van der Waals surface area contributed by atoms with Gasteiger partial charge in [-0.2, -0.15) is 0 Å². The lowest BCUT2D eigenvalue weighted by Gasteiger charge is -2.10. The van der Waals surface area contributed by atoms with E-state index in [-0.39, 0.29) is 0 Å². The van der Waals surface area contributed by atoms with Crippen molar-refractivity contribution in [2.45, 2.75) is 0 Å². The number of hydrogen-bond acceptors (Lipinski definition) is 6. The molecule has 0 spiro atoms. The molecule has 39 heavy (non-hydrogen) atoms. The Bertz CT molecular complexity index is 1830. The molecule has 0 aliphatic heterocycles. The number of aromatic nitrogens is 5. The van der Waals surface area contributed by atoms with Crippen molar-refractivity contribution >= 4 is 21.6 Å². The largest absolute Gasteiger partial charge is 0.264 e. The maximum absolute atomic E-state index is 5.05. The molecule has 0 radical (unpaired) electrons. The van der Waals surface area contributed by atoms with Crippen LogP contribution in [0.4, 0.5) is 0 Å². The van der Waals surface area contributed by atoms with Crippen LogP contribution >= 0.6 is 11.3 Å². The van der Waals surface area contributed by atoms with E-state index >= 15 is 0 Å². The minimum absolute atomic E-state index is 0.580. The molecule has 0 atom stereocenters. The normalized spacial score (nSPS) is 11.1. The molecular formula is C33H21N5S. The van der Waals surface area contributed by atoms with Gasteiger partial charge in [-0.3, -0.25) is 4.98 Å². The number of benzene rings is 4. The topological polar surface area (TPSA) is 64.5 Å².